The minimum atomic E-state index is -1.03. The molecule has 2 heterocycles. The van der Waals surface area contributed by atoms with Crippen LogP contribution in [-0.4, -0.2) is 31.7 Å². The molecule has 0 bridgehead atoms. The van der Waals surface area contributed by atoms with Crippen LogP contribution < -0.4 is 16.0 Å². The van der Waals surface area contributed by atoms with E-state index in [9.17, 15) is 9.18 Å². The van der Waals surface area contributed by atoms with Gasteiger partial charge in [-0.05, 0) is 62.8 Å². The molecule has 32 heavy (non-hydrogen) atoms. The average Bonchev–Trinajstić information content (AvgIpc) is 3.50. The van der Waals surface area contributed by atoms with E-state index in [1.54, 1.807) is 12.1 Å². The van der Waals surface area contributed by atoms with E-state index in [-0.39, 0.29) is 17.7 Å². The molecule has 4 N–H and O–H groups in total. The summed E-state index contributed by atoms with van der Waals surface area (Å²) in [5.41, 5.74) is 2.22. The van der Waals surface area contributed by atoms with Gasteiger partial charge in [0.15, 0.2) is 5.82 Å². The van der Waals surface area contributed by atoms with Gasteiger partial charge in [0.2, 0.25) is 11.9 Å². The fourth-order valence-corrected chi connectivity index (χ4v) is 4.28. The Morgan fingerprint density at radius 3 is 2.41 bits per heavy atom. The molecule has 0 spiro atoms. The van der Waals surface area contributed by atoms with Gasteiger partial charge in [-0.15, -0.1) is 0 Å². The number of benzene rings is 1. The van der Waals surface area contributed by atoms with Gasteiger partial charge in [0, 0.05) is 42.0 Å². The second-order valence-electron chi connectivity index (χ2n) is 8.86. The van der Waals surface area contributed by atoms with Crippen LogP contribution in [-0.2, 0) is 4.79 Å². The molecular formula is C23H26FN7O. The zero-order chi connectivity index (χ0) is 22.3. The molecule has 1 aromatic carbocycles. The predicted octanol–water partition coefficient (Wildman–Crippen LogP) is 4.95. The quantitative estimate of drug-likeness (QED) is 0.418. The Hall–Kier alpha value is -3.49. The van der Waals surface area contributed by atoms with Crippen LogP contribution in [0.5, 0.6) is 0 Å². The number of anilines is 5. The van der Waals surface area contributed by atoms with Crippen molar-refractivity contribution in [1.29, 1.82) is 0 Å². The highest BCUT2D eigenvalue weighted by molar-refractivity contribution is 5.88. The third kappa shape index (κ3) is 4.42. The summed E-state index contributed by atoms with van der Waals surface area (Å²) in [4.78, 5) is 20.5. The van der Waals surface area contributed by atoms with Gasteiger partial charge < -0.3 is 16.0 Å². The fraction of sp³-hybridized carbons (Fsp3) is 0.391. The third-order valence-electron chi connectivity index (χ3n) is 6.07. The molecule has 0 unspecified atom stereocenters. The van der Waals surface area contributed by atoms with E-state index in [2.05, 4.69) is 36.1 Å². The number of aromatic amines is 1. The highest BCUT2D eigenvalue weighted by Gasteiger charge is 2.55. The van der Waals surface area contributed by atoms with E-state index < -0.39 is 5.67 Å². The normalized spacial score (nSPS) is 22.2. The fourth-order valence-electron chi connectivity index (χ4n) is 4.28. The van der Waals surface area contributed by atoms with Crippen molar-refractivity contribution in [3.05, 3.63) is 47.8 Å². The molecule has 2 aliphatic rings. The summed E-state index contributed by atoms with van der Waals surface area (Å²) >= 11 is 0. The molecule has 0 saturated heterocycles. The zero-order valence-corrected chi connectivity index (χ0v) is 18.1. The van der Waals surface area contributed by atoms with Gasteiger partial charge in [-0.3, -0.25) is 9.89 Å². The maximum absolute atomic E-state index is 14.9. The maximum Gasteiger partial charge on any atom is 0.229 e. The number of carbonyl (C=O) groups is 1. The number of alkyl halides is 1. The summed E-state index contributed by atoms with van der Waals surface area (Å²) in [6, 6.07) is 11.1. The van der Waals surface area contributed by atoms with Gasteiger partial charge >= 0.3 is 0 Å². The highest BCUT2D eigenvalue weighted by atomic mass is 19.1. The molecule has 0 radical (unpaired) electrons. The number of H-pyrrole nitrogens is 1. The van der Waals surface area contributed by atoms with Gasteiger partial charge in [0.25, 0.3) is 0 Å². The van der Waals surface area contributed by atoms with Crippen molar-refractivity contribution in [3.8, 4) is 0 Å². The molecule has 1 amide bonds. The maximum atomic E-state index is 14.9. The molecule has 3 aromatic rings. The number of nitrogens with zero attached hydrogens (tertiary/aromatic N) is 3. The van der Waals surface area contributed by atoms with Crippen molar-refractivity contribution in [2.24, 2.45) is 5.92 Å². The van der Waals surface area contributed by atoms with E-state index in [0.717, 1.165) is 29.9 Å². The summed E-state index contributed by atoms with van der Waals surface area (Å²) in [5.74, 6) is 1.86. The number of hydrogen-bond acceptors (Lipinski definition) is 6. The lowest BCUT2D eigenvalue weighted by molar-refractivity contribution is -0.114. The van der Waals surface area contributed by atoms with Crippen LogP contribution in [0.25, 0.3) is 0 Å². The lowest BCUT2D eigenvalue weighted by Gasteiger charge is -2.41. The molecule has 8 nitrogen and oxygen atoms in total. The van der Waals surface area contributed by atoms with Crippen LogP contribution in [0.1, 0.15) is 49.9 Å². The summed E-state index contributed by atoms with van der Waals surface area (Å²) in [7, 11) is 0. The van der Waals surface area contributed by atoms with Crippen LogP contribution in [0.15, 0.2) is 36.4 Å². The number of carbonyl (C=O) groups excluding carboxylic acids is 1. The largest absolute Gasteiger partial charge is 0.326 e. The lowest BCUT2D eigenvalue weighted by atomic mass is 9.68. The molecule has 0 aliphatic heterocycles. The smallest absolute Gasteiger partial charge is 0.229 e. The van der Waals surface area contributed by atoms with E-state index in [4.69, 9.17) is 0 Å². The second kappa shape index (κ2) is 7.89. The molecule has 2 aromatic heterocycles. The van der Waals surface area contributed by atoms with Gasteiger partial charge in [0.05, 0.1) is 5.69 Å². The van der Waals surface area contributed by atoms with Crippen LogP contribution >= 0.6 is 0 Å². The minimum Gasteiger partial charge on any atom is -0.326 e. The summed E-state index contributed by atoms with van der Waals surface area (Å²) in [6.45, 7) is 3.39. The summed E-state index contributed by atoms with van der Waals surface area (Å²) < 4.78 is 14.9. The van der Waals surface area contributed by atoms with Crippen molar-refractivity contribution in [1.82, 2.24) is 20.2 Å². The van der Waals surface area contributed by atoms with Crippen molar-refractivity contribution in [2.75, 3.05) is 16.0 Å². The Balaban J connectivity index is 1.37. The van der Waals surface area contributed by atoms with Gasteiger partial charge in [0.1, 0.15) is 11.5 Å². The van der Waals surface area contributed by atoms with Crippen molar-refractivity contribution in [2.45, 2.75) is 51.1 Å². The molecule has 2 fully saturated rings. The monoisotopic (exact) mass is 435 g/mol. The predicted molar refractivity (Wildman–Crippen MR) is 121 cm³/mol. The Bertz CT molecular complexity index is 1130. The first-order valence-electron chi connectivity index (χ1n) is 10.9. The number of rotatable bonds is 7. The lowest BCUT2D eigenvalue weighted by Crippen LogP contribution is -2.40. The van der Waals surface area contributed by atoms with E-state index in [1.165, 1.54) is 6.92 Å². The first-order valence-corrected chi connectivity index (χ1v) is 10.9. The summed E-state index contributed by atoms with van der Waals surface area (Å²) in [5, 5.41) is 16.3. The molecule has 0 atom stereocenters. The van der Waals surface area contributed by atoms with Gasteiger partial charge in [-0.2, -0.15) is 10.1 Å². The van der Waals surface area contributed by atoms with Crippen LogP contribution in [0.2, 0.25) is 0 Å². The first-order chi connectivity index (χ1) is 15.4. The number of nitrogens with one attached hydrogen (secondary N) is 4. The van der Waals surface area contributed by atoms with Gasteiger partial charge in [-0.25, -0.2) is 9.37 Å². The molecule has 166 valence electrons. The zero-order valence-electron chi connectivity index (χ0n) is 18.1. The van der Waals surface area contributed by atoms with E-state index >= 15 is 0 Å². The van der Waals surface area contributed by atoms with Crippen LogP contribution in [0.3, 0.4) is 0 Å². The SMILES string of the molecule is CC(=O)Nc1ccc(Nc2nc(Nc3cc(C)[nH]n3)cc(C3CC(F)(C4CC4)C3)n2)cc1. The Morgan fingerprint density at radius 1 is 1.06 bits per heavy atom. The number of hydrogen-bond donors (Lipinski definition) is 4. The average molecular weight is 436 g/mol. The van der Waals surface area contributed by atoms with Crippen molar-refractivity contribution in [3.63, 3.8) is 0 Å². The van der Waals surface area contributed by atoms with Crippen molar-refractivity contribution >= 4 is 34.9 Å². The third-order valence-corrected chi connectivity index (χ3v) is 6.07. The highest BCUT2D eigenvalue weighted by Crippen LogP contribution is 2.58. The number of amides is 1. The Labute approximate surface area is 185 Å². The number of aryl methyl sites for hydroxylation is 1. The minimum absolute atomic E-state index is 0.0766. The van der Waals surface area contributed by atoms with Crippen LogP contribution in [0.4, 0.5) is 33.3 Å². The van der Waals surface area contributed by atoms with E-state index in [0.29, 0.717) is 36.1 Å². The van der Waals surface area contributed by atoms with Crippen LogP contribution in [0, 0.1) is 12.8 Å². The van der Waals surface area contributed by atoms with Gasteiger partial charge in [-0.1, -0.05) is 0 Å². The van der Waals surface area contributed by atoms with E-state index in [1.807, 2.05) is 31.2 Å². The number of aromatic nitrogens is 4. The Kier molecular flexibility index (Phi) is 5.03. The molecule has 5 rings (SSSR count). The number of halogens is 1. The standard InChI is InChI=1S/C23H26FN7O/c1-13-9-21(31-30-13)28-20-10-19(15-11-23(24,12-15)16-3-4-16)27-22(29-20)26-18-7-5-17(6-8-18)25-14(2)32/h5-10,15-16H,3-4,11-12H2,1-2H3,(H,25,32)(H3,26,27,28,29,30,31). The van der Waals surface area contributed by atoms with Crippen molar-refractivity contribution < 1.29 is 9.18 Å². The molecule has 2 aliphatic carbocycles. The Morgan fingerprint density at radius 2 is 1.78 bits per heavy atom. The molecule has 9 heteroatoms. The topological polar surface area (TPSA) is 108 Å². The molecule has 2 saturated carbocycles. The first kappa shape index (κ1) is 20.4. The molecular weight excluding hydrogens is 409 g/mol. The summed E-state index contributed by atoms with van der Waals surface area (Å²) in [6.07, 6.45) is 3.03. The second-order valence-corrected chi connectivity index (χ2v) is 8.86.